The predicted molar refractivity (Wildman–Crippen MR) is 112 cm³/mol. The molecule has 0 saturated carbocycles. The van der Waals surface area contributed by atoms with Crippen molar-refractivity contribution in [3.8, 4) is 5.75 Å². The maximum atomic E-state index is 12.5. The van der Waals surface area contributed by atoms with Crippen molar-refractivity contribution in [2.24, 2.45) is 4.99 Å². The van der Waals surface area contributed by atoms with Crippen LogP contribution in [0.1, 0.15) is 15.9 Å². The highest BCUT2D eigenvalue weighted by Crippen LogP contribution is 2.29. The monoisotopic (exact) mass is 448 g/mol. The van der Waals surface area contributed by atoms with E-state index in [0.717, 1.165) is 10.0 Å². The molecular weight excluding hydrogens is 436 g/mol. The van der Waals surface area contributed by atoms with Crippen molar-refractivity contribution < 1.29 is 9.53 Å². The van der Waals surface area contributed by atoms with Crippen molar-refractivity contribution in [1.82, 2.24) is 0 Å². The van der Waals surface area contributed by atoms with Crippen LogP contribution in [0.25, 0.3) is 0 Å². The molecule has 3 rings (SSSR count). The van der Waals surface area contributed by atoms with Crippen LogP contribution >= 0.6 is 38.9 Å². The second-order valence-electron chi connectivity index (χ2n) is 5.24. The standard InChI is InChI=1S/C19H14BrClN2O2S/c1-25-17-7-2-13(20)10-12(17)11-22-19-16(8-9-26-19)18(24)23-15-5-3-14(21)4-6-15/h2-11H,1H3,(H,23,24). The number of ether oxygens (including phenoxy) is 1. The topological polar surface area (TPSA) is 50.7 Å². The van der Waals surface area contributed by atoms with Crippen LogP contribution in [0.15, 0.2) is 63.4 Å². The Balaban J connectivity index is 1.81. The summed E-state index contributed by atoms with van der Waals surface area (Å²) in [6.07, 6.45) is 1.69. The van der Waals surface area contributed by atoms with Crippen molar-refractivity contribution in [1.29, 1.82) is 0 Å². The predicted octanol–water partition coefficient (Wildman–Crippen LogP) is 6.18. The zero-order valence-electron chi connectivity index (χ0n) is 13.7. The quantitative estimate of drug-likeness (QED) is 0.473. The molecule has 0 aliphatic carbocycles. The third kappa shape index (κ3) is 4.52. The Hall–Kier alpha value is -2.15. The molecule has 7 heteroatoms. The van der Waals surface area contributed by atoms with Crippen molar-refractivity contribution in [3.05, 3.63) is 74.5 Å². The highest BCUT2D eigenvalue weighted by molar-refractivity contribution is 9.10. The van der Waals surface area contributed by atoms with Gasteiger partial charge in [-0.3, -0.25) is 4.79 Å². The number of thiophene rings is 1. The van der Waals surface area contributed by atoms with E-state index in [0.29, 0.717) is 27.0 Å². The number of halogens is 2. The van der Waals surface area contributed by atoms with Gasteiger partial charge in [-0.15, -0.1) is 11.3 Å². The maximum absolute atomic E-state index is 12.5. The molecule has 3 aromatic rings. The molecule has 4 nitrogen and oxygen atoms in total. The summed E-state index contributed by atoms with van der Waals surface area (Å²) in [5.74, 6) is 0.489. The number of benzene rings is 2. The minimum Gasteiger partial charge on any atom is -0.496 e. The number of methoxy groups -OCH3 is 1. The lowest BCUT2D eigenvalue weighted by Crippen LogP contribution is -2.10. The number of amides is 1. The maximum Gasteiger partial charge on any atom is 0.258 e. The summed E-state index contributed by atoms with van der Waals surface area (Å²) in [6.45, 7) is 0. The van der Waals surface area contributed by atoms with Crippen molar-refractivity contribution in [2.75, 3.05) is 12.4 Å². The zero-order valence-corrected chi connectivity index (χ0v) is 16.9. The van der Waals surface area contributed by atoms with Gasteiger partial charge >= 0.3 is 0 Å². The first-order valence-electron chi connectivity index (χ1n) is 7.59. The van der Waals surface area contributed by atoms with Gasteiger partial charge in [0, 0.05) is 27.0 Å². The molecule has 0 atom stereocenters. The minimum atomic E-state index is -0.220. The molecule has 1 heterocycles. The van der Waals surface area contributed by atoms with Crippen LogP contribution in [0, 0.1) is 0 Å². The van der Waals surface area contributed by atoms with Gasteiger partial charge in [0.25, 0.3) is 5.91 Å². The van der Waals surface area contributed by atoms with Gasteiger partial charge in [-0.1, -0.05) is 27.5 Å². The largest absolute Gasteiger partial charge is 0.496 e. The van der Waals surface area contributed by atoms with Crippen molar-refractivity contribution >= 4 is 61.7 Å². The summed E-state index contributed by atoms with van der Waals surface area (Å²) in [5, 5.41) is 5.92. The number of carbonyl (C=O) groups is 1. The fourth-order valence-electron chi connectivity index (χ4n) is 2.24. The number of nitrogens with zero attached hydrogens (tertiary/aromatic N) is 1. The zero-order chi connectivity index (χ0) is 18.5. The van der Waals surface area contributed by atoms with Gasteiger partial charge in [0.1, 0.15) is 10.8 Å². The third-order valence-corrected chi connectivity index (χ3v) is 5.07. The number of nitrogens with one attached hydrogen (secondary N) is 1. The Kier molecular flexibility index (Phi) is 6.08. The average Bonchev–Trinajstić information content (AvgIpc) is 3.11. The first kappa shape index (κ1) is 18.6. The Morgan fingerprint density at radius 2 is 2.00 bits per heavy atom. The van der Waals surface area contributed by atoms with Gasteiger partial charge in [0.15, 0.2) is 0 Å². The molecule has 1 amide bonds. The molecule has 0 spiro atoms. The number of hydrogen-bond acceptors (Lipinski definition) is 4. The van der Waals surface area contributed by atoms with Crippen LogP contribution in [0.3, 0.4) is 0 Å². The average molecular weight is 450 g/mol. The Morgan fingerprint density at radius 1 is 1.23 bits per heavy atom. The van der Waals surface area contributed by atoms with E-state index in [1.165, 1.54) is 11.3 Å². The van der Waals surface area contributed by atoms with Crippen LogP contribution in [0.4, 0.5) is 10.7 Å². The number of anilines is 1. The van der Waals surface area contributed by atoms with Crippen LogP contribution in [-0.2, 0) is 0 Å². The van der Waals surface area contributed by atoms with Crippen molar-refractivity contribution in [3.63, 3.8) is 0 Å². The number of rotatable bonds is 5. The second-order valence-corrected chi connectivity index (χ2v) is 7.49. The lowest BCUT2D eigenvalue weighted by molar-refractivity contribution is 0.102. The molecule has 0 unspecified atom stereocenters. The highest BCUT2D eigenvalue weighted by Gasteiger charge is 2.13. The first-order chi connectivity index (χ1) is 12.6. The van der Waals surface area contributed by atoms with Gasteiger partial charge in [0.05, 0.1) is 12.7 Å². The van der Waals surface area contributed by atoms with E-state index < -0.39 is 0 Å². The summed E-state index contributed by atoms with van der Waals surface area (Å²) in [6, 6.07) is 14.4. The van der Waals surface area contributed by atoms with Crippen LogP contribution in [0.2, 0.25) is 5.02 Å². The smallest absolute Gasteiger partial charge is 0.258 e. The number of aliphatic imine (C=N–C) groups is 1. The van der Waals surface area contributed by atoms with Gasteiger partial charge < -0.3 is 10.1 Å². The molecule has 0 fully saturated rings. The van der Waals surface area contributed by atoms with Crippen LogP contribution in [0.5, 0.6) is 5.75 Å². The highest BCUT2D eigenvalue weighted by atomic mass is 79.9. The minimum absolute atomic E-state index is 0.220. The molecule has 1 aromatic heterocycles. The van der Waals surface area contributed by atoms with Gasteiger partial charge in [-0.25, -0.2) is 4.99 Å². The molecule has 1 N–H and O–H groups in total. The SMILES string of the molecule is COc1ccc(Br)cc1C=Nc1sccc1C(=O)Nc1ccc(Cl)cc1. The van der Waals surface area contributed by atoms with E-state index in [4.69, 9.17) is 16.3 Å². The Labute approximate surface area is 168 Å². The molecule has 0 radical (unpaired) electrons. The summed E-state index contributed by atoms with van der Waals surface area (Å²) in [4.78, 5) is 17.0. The van der Waals surface area contributed by atoms with Crippen LogP contribution in [-0.4, -0.2) is 19.2 Å². The molecule has 0 aliphatic heterocycles. The molecule has 0 aliphatic rings. The van der Waals surface area contributed by atoms with Gasteiger partial charge in [-0.2, -0.15) is 0 Å². The lowest BCUT2D eigenvalue weighted by Gasteiger charge is -2.06. The van der Waals surface area contributed by atoms with Crippen LogP contribution < -0.4 is 10.1 Å². The molecule has 2 aromatic carbocycles. The molecule has 26 heavy (non-hydrogen) atoms. The van der Waals surface area contributed by atoms with E-state index in [1.807, 2.05) is 23.6 Å². The fourth-order valence-corrected chi connectivity index (χ4v) is 3.48. The molecular formula is C19H14BrClN2O2S. The molecule has 0 bridgehead atoms. The van der Waals surface area contributed by atoms with Crippen molar-refractivity contribution in [2.45, 2.75) is 0 Å². The van der Waals surface area contributed by atoms with E-state index in [1.54, 1.807) is 43.7 Å². The number of carbonyl (C=O) groups excluding carboxylic acids is 1. The van der Waals surface area contributed by atoms with Gasteiger partial charge in [0.2, 0.25) is 0 Å². The summed E-state index contributed by atoms with van der Waals surface area (Å²) in [5.41, 5.74) is 2.00. The summed E-state index contributed by atoms with van der Waals surface area (Å²) in [7, 11) is 1.61. The molecule has 0 saturated heterocycles. The second kappa shape index (κ2) is 8.49. The fraction of sp³-hybridized carbons (Fsp3) is 0.0526. The van der Waals surface area contributed by atoms with E-state index in [-0.39, 0.29) is 5.91 Å². The first-order valence-corrected chi connectivity index (χ1v) is 9.64. The molecule has 132 valence electrons. The summed E-state index contributed by atoms with van der Waals surface area (Å²) < 4.78 is 6.26. The van der Waals surface area contributed by atoms with E-state index in [9.17, 15) is 4.79 Å². The van der Waals surface area contributed by atoms with Gasteiger partial charge in [-0.05, 0) is 53.9 Å². The Bertz CT molecular complexity index is 954. The Morgan fingerprint density at radius 3 is 2.73 bits per heavy atom. The third-order valence-electron chi connectivity index (χ3n) is 3.50. The normalized spacial score (nSPS) is 10.9. The number of hydrogen-bond donors (Lipinski definition) is 1. The lowest BCUT2D eigenvalue weighted by atomic mass is 10.2. The van der Waals surface area contributed by atoms with E-state index in [2.05, 4.69) is 26.2 Å². The van der Waals surface area contributed by atoms with E-state index >= 15 is 0 Å². The summed E-state index contributed by atoms with van der Waals surface area (Å²) >= 11 is 10.7.